The summed E-state index contributed by atoms with van der Waals surface area (Å²) >= 11 is 0. The SMILES string of the molecule is C/C=c1/ccc(-c2n[nH]c3cccnc23)n/c1=C/C. The van der Waals surface area contributed by atoms with Crippen molar-refractivity contribution < 1.29 is 0 Å². The van der Waals surface area contributed by atoms with Crippen molar-refractivity contribution in [3.8, 4) is 11.4 Å². The molecule has 0 atom stereocenters. The molecule has 0 saturated heterocycles. The summed E-state index contributed by atoms with van der Waals surface area (Å²) in [6.45, 7) is 4.00. The predicted molar refractivity (Wildman–Crippen MR) is 76.6 cm³/mol. The predicted octanol–water partition coefficient (Wildman–Crippen LogP) is 1.62. The molecule has 3 heterocycles. The fourth-order valence-corrected chi connectivity index (χ4v) is 2.12. The Hall–Kier alpha value is -2.49. The number of aromatic amines is 1. The Kier molecular flexibility index (Phi) is 2.83. The van der Waals surface area contributed by atoms with Crippen LogP contribution in [0.1, 0.15) is 13.8 Å². The van der Waals surface area contributed by atoms with Crippen LogP contribution in [0.4, 0.5) is 0 Å². The van der Waals surface area contributed by atoms with Gasteiger partial charge < -0.3 is 0 Å². The van der Waals surface area contributed by atoms with Gasteiger partial charge in [0.1, 0.15) is 11.2 Å². The molecule has 0 amide bonds. The fraction of sp³-hybridized carbons (Fsp3) is 0.133. The first-order chi connectivity index (χ1) is 9.33. The van der Waals surface area contributed by atoms with Gasteiger partial charge in [-0.25, -0.2) is 4.98 Å². The van der Waals surface area contributed by atoms with Crippen LogP contribution >= 0.6 is 0 Å². The number of H-pyrrole nitrogens is 1. The molecule has 0 bridgehead atoms. The molecule has 0 saturated carbocycles. The maximum Gasteiger partial charge on any atom is 0.137 e. The molecule has 0 aliphatic heterocycles. The van der Waals surface area contributed by atoms with Crippen LogP contribution < -0.4 is 10.6 Å². The maximum absolute atomic E-state index is 4.65. The molecule has 0 fully saturated rings. The molecule has 0 aliphatic carbocycles. The molecule has 0 spiro atoms. The normalized spacial score (nSPS) is 13.4. The largest absolute Gasteiger partial charge is 0.275 e. The molecule has 0 unspecified atom stereocenters. The molecular weight excluding hydrogens is 236 g/mol. The maximum atomic E-state index is 4.65. The van der Waals surface area contributed by atoms with Crippen LogP contribution in [0.3, 0.4) is 0 Å². The number of hydrogen-bond acceptors (Lipinski definition) is 3. The quantitative estimate of drug-likeness (QED) is 0.714. The van der Waals surface area contributed by atoms with E-state index in [0.29, 0.717) is 0 Å². The third-order valence-corrected chi connectivity index (χ3v) is 3.10. The van der Waals surface area contributed by atoms with E-state index in [1.165, 1.54) is 0 Å². The van der Waals surface area contributed by atoms with Crippen LogP contribution in [0.2, 0.25) is 0 Å². The number of nitrogens with one attached hydrogen (secondary N) is 1. The van der Waals surface area contributed by atoms with E-state index in [4.69, 9.17) is 0 Å². The van der Waals surface area contributed by atoms with Crippen molar-refractivity contribution in [3.05, 3.63) is 41.0 Å². The van der Waals surface area contributed by atoms with Crippen molar-refractivity contribution >= 4 is 23.2 Å². The van der Waals surface area contributed by atoms with E-state index < -0.39 is 0 Å². The van der Waals surface area contributed by atoms with Crippen LogP contribution in [-0.4, -0.2) is 20.2 Å². The van der Waals surface area contributed by atoms with Gasteiger partial charge in [-0.15, -0.1) is 0 Å². The number of pyridine rings is 2. The van der Waals surface area contributed by atoms with Crippen molar-refractivity contribution in [2.45, 2.75) is 13.8 Å². The highest BCUT2D eigenvalue weighted by atomic mass is 15.1. The molecule has 3 aromatic rings. The number of aromatic nitrogens is 4. The topological polar surface area (TPSA) is 54.5 Å². The average Bonchev–Trinajstić information content (AvgIpc) is 2.90. The summed E-state index contributed by atoms with van der Waals surface area (Å²) in [5, 5.41) is 9.39. The van der Waals surface area contributed by atoms with Gasteiger partial charge in [0.25, 0.3) is 0 Å². The molecule has 0 radical (unpaired) electrons. The summed E-state index contributed by atoms with van der Waals surface area (Å²) in [6.07, 6.45) is 5.82. The molecule has 19 heavy (non-hydrogen) atoms. The molecule has 0 aliphatic rings. The van der Waals surface area contributed by atoms with Crippen LogP contribution in [-0.2, 0) is 0 Å². The smallest absolute Gasteiger partial charge is 0.137 e. The number of fused-ring (bicyclic) bond motifs is 1. The van der Waals surface area contributed by atoms with E-state index in [0.717, 1.165) is 33.0 Å². The first-order valence-electron chi connectivity index (χ1n) is 6.22. The van der Waals surface area contributed by atoms with Crippen molar-refractivity contribution in [3.63, 3.8) is 0 Å². The van der Waals surface area contributed by atoms with E-state index in [-0.39, 0.29) is 0 Å². The van der Waals surface area contributed by atoms with Gasteiger partial charge in [-0.05, 0) is 37.3 Å². The first kappa shape index (κ1) is 11.6. The van der Waals surface area contributed by atoms with Gasteiger partial charge in [0, 0.05) is 6.20 Å². The Labute approximate surface area is 110 Å². The summed E-state index contributed by atoms with van der Waals surface area (Å²) in [4.78, 5) is 9.01. The highest BCUT2D eigenvalue weighted by Crippen LogP contribution is 2.20. The summed E-state index contributed by atoms with van der Waals surface area (Å²) in [5.41, 5.74) is 3.41. The van der Waals surface area contributed by atoms with Crippen LogP contribution in [0.15, 0.2) is 30.5 Å². The zero-order valence-electron chi connectivity index (χ0n) is 10.9. The summed E-state index contributed by atoms with van der Waals surface area (Å²) in [6, 6.07) is 7.88. The zero-order chi connectivity index (χ0) is 13.2. The summed E-state index contributed by atoms with van der Waals surface area (Å²) < 4.78 is 0. The van der Waals surface area contributed by atoms with Gasteiger partial charge in [0.05, 0.1) is 16.6 Å². The van der Waals surface area contributed by atoms with Gasteiger partial charge in [0.15, 0.2) is 0 Å². The standard InChI is InChI=1S/C15H14N4/c1-3-10-7-8-12(17-11(10)4-2)15-14-13(18-19-15)6-5-9-16-14/h3-9H,1-2H3,(H,18,19)/b10-3-,11-4+. The number of rotatable bonds is 1. The van der Waals surface area contributed by atoms with E-state index in [1.807, 2.05) is 44.2 Å². The highest BCUT2D eigenvalue weighted by molar-refractivity contribution is 5.88. The van der Waals surface area contributed by atoms with E-state index in [2.05, 4.69) is 26.2 Å². The van der Waals surface area contributed by atoms with Crippen molar-refractivity contribution in [2.75, 3.05) is 0 Å². The monoisotopic (exact) mass is 250 g/mol. The van der Waals surface area contributed by atoms with Gasteiger partial charge in [-0.3, -0.25) is 10.1 Å². The molecule has 3 rings (SSSR count). The van der Waals surface area contributed by atoms with Gasteiger partial charge in [-0.2, -0.15) is 5.10 Å². The number of hydrogen-bond donors (Lipinski definition) is 1. The Bertz CT molecular complexity index is 846. The van der Waals surface area contributed by atoms with Crippen molar-refractivity contribution in [1.82, 2.24) is 20.2 Å². The van der Waals surface area contributed by atoms with Crippen LogP contribution in [0.5, 0.6) is 0 Å². The molecule has 4 heteroatoms. The Morgan fingerprint density at radius 3 is 2.79 bits per heavy atom. The number of nitrogens with zero attached hydrogens (tertiary/aromatic N) is 3. The van der Waals surface area contributed by atoms with Gasteiger partial charge >= 0.3 is 0 Å². The minimum atomic E-state index is 0.793. The molecule has 4 nitrogen and oxygen atoms in total. The second-order valence-electron chi connectivity index (χ2n) is 4.22. The first-order valence-corrected chi connectivity index (χ1v) is 6.22. The summed E-state index contributed by atoms with van der Waals surface area (Å²) in [7, 11) is 0. The highest BCUT2D eigenvalue weighted by Gasteiger charge is 2.09. The lowest BCUT2D eigenvalue weighted by atomic mass is 10.2. The van der Waals surface area contributed by atoms with E-state index in [1.54, 1.807) is 6.20 Å². The lowest BCUT2D eigenvalue weighted by Gasteiger charge is -1.97. The van der Waals surface area contributed by atoms with Crippen molar-refractivity contribution in [2.24, 2.45) is 0 Å². The second kappa shape index (κ2) is 4.65. The molecule has 3 aromatic heterocycles. The molecule has 0 aromatic carbocycles. The van der Waals surface area contributed by atoms with Crippen LogP contribution in [0.25, 0.3) is 34.6 Å². The molecular formula is C15H14N4. The minimum absolute atomic E-state index is 0.793. The third-order valence-electron chi connectivity index (χ3n) is 3.10. The molecule has 94 valence electrons. The Morgan fingerprint density at radius 1 is 1.11 bits per heavy atom. The van der Waals surface area contributed by atoms with Crippen LogP contribution in [0, 0.1) is 0 Å². The minimum Gasteiger partial charge on any atom is -0.275 e. The second-order valence-corrected chi connectivity index (χ2v) is 4.22. The van der Waals surface area contributed by atoms with Crippen molar-refractivity contribution in [1.29, 1.82) is 0 Å². The lowest BCUT2D eigenvalue weighted by molar-refractivity contribution is 1.10. The van der Waals surface area contributed by atoms with E-state index >= 15 is 0 Å². The fourth-order valence-electron chi connectivity index (χ4n) is 2.12. The third kappa shape index (κ3) is 1.91. The van der Waals surface area contributed by atoms with Gasteiger partial charge in [-0.1, -0.05) is 18.2 Å². The Morgan fingerprint density at radius 2 is 2.00 bits per heavy atom. The van der Waals surface area contributed by atoms with E-state index in [9.17, 15) is 0 Å². The van der Waals surface area contributed by atoms with Gasteiger partial charge in [0.2, 0.25) is 0 Å². The lowest BCUT2D eigenvalue weighted by Crippen LogP contribution is -2.27. The molecule has 1 N–H and O–H groups in total. The summed E-state index contributed by atoms with van der Waals surface area (Å²) in [5.74, 6) is 0. The Balaban J connectivity index is 2.28. The zero-order valence-corrected chi connectivity index (χ0v) is 10.9. The average molecular weight is 250 g/mol.